The lowest BCUT2D eigenvalue weighted by molar-refractivity contribution is -0.143. The molecule has 28 nitrogen and oxygen atoms in total. The van der Waals surface area contributed by atoms with E-state index in [0.717, 1.165) is 44.2 Å². The number of hydrogen-bond donors (Lipinski definition) is 14. The lowest BCUT2D eigenvalue weighted by Gasteiger charge is -2.37. The molecule has 0 radical (unpaired) electrons. The summed E-state index contributed by atoms with van der Waals surface area (Å²) in [6, 6.07) is 35.2. The minimum atomic E-state index is -1.20. The van der Waals surface area contributed by atoms with Crippen molar-refractivity contribution in [2.24, 2.45) is 11.5 Å². The Bertz CT molecular complexity index is 4050. The summed E-state index contributed by atoms with van der Waals surface area (Å²) in [5.74, 6) is -6.21. The van der Waals surface area contributed by atoms with Crippen LogP contribution in [0.5, 0.6) is 11.5 Å². The Hall–Kier alpha value is -11.3. The van der Waals surface area contributed by atoms with Crippen molar-refractivity contribution in [3.05, 3.63) is 179 Å². The Labute approximate surface area is 628 Å². The van der Waals surface area contributed by atoms with Gasteiger partial charge in [-0.1, -0.05) is 134 Å². The van der Waals surface area contributed by atoms with Crippen molar-refractivity contribution in [1.29, 1.82) is 0 Å². The van der Waals surface area contributed by atoms with E-state index in [4.69, 9.17) is 11.5 Å². The van der Waals surface area contributed by atoms with Crippen molar-refractivity contribution in [2.45, 2.75) is 171 Å². The molecule has 108 heavy (non-hydrogen) atoms. The summed E-state index contributed by atoms with van der Waals surface area (Å²) in [6.07, 6.45) is 6.07. The number of nitrogens with two attached hydrogens (primary N) is 2. The van der Waals surface area contributed by atoms with E-state index in [2.05, 4.69) is 47.9 Å². The molecule has 0 aliphatic carbocycles. The molecule has 0 bridgehead atoms. The molecule has 576 valence electrons. The fraction of sp³-hybridized carbons (Fsp3) is 0.425. The van der Waals surface area contributed by atoms with Crippen LogP contribution in [0.3, 0.4) is 0 Å². The molecular formula is C80H101N13O15. The number of amides is 11. The van der Waals surface area contributed by atoms with Crippen LogP contribution < -0.4 is 59.3 Å². The van der Waals surface area contributed by atoms with Crippen LogP contribution in [0.4, 0.5) is 0 Å². The Kier molecular flexibility index (Phi) is 32.6. The molecule has 8 rings (SSSR count). The standard InChI is InChI=1S/C80H101N13O15/c81-62(44-53-30-34-59(94)35-31-53)78(105)92-43-17-27-67(92)77(104)91-65(46-52-18-4-1-5-19-52)75(102)90-66(47-57-24-16-23-55-20-10-11-25-61(55)57)74(101)87-49-72(99)85-40-14-2-6-28-69(96)83-41-15-12-26-64(80(107)108)89-71(98)29-7-3-13-39-84-70(97)38-42-86-73(100)50-88-76(103)68-48-56-21-8-9-22-58(56)51-93(68)79(106)63(82)45-54-32-36-60(95)37-33-54/h1,4-5,8-11,16,18-25,30-37,62-68,94-95H,2-3,6-7,12-15,17,26-29,38-51,81-82H2,(H,83,96)(H,84,97)(H,85,99)(H,86,100)(H,87,101)(H,88,103)(H,89,98)(H,90,102)(H,91,104)(H,107,108)/t62-,63-,64+,65-,66+,67-,68+/m0/s1. The van der Waals surface area contributed by atoms with Gasteiger partial charge in [0, 0.05) is 77.8 Å². The number of hydrogen-bond acceptors (Lipinski definition) is 16. The molecule has 1 fully saturated rings. The number of benzene rings is 6. The Balaban J connectivity index is 0.666. The van der Waals surface area contributed by atoms with Gasteiger partial charge in [0.05, 0.1) is 25.2 Å². The number of aliphatic carboxylic acids is 1. The van der Waals surface area contributed by atoms with Crippen molar-refractivity contribution in [1.82, 2.24) is 57.7 Å². The average Bonchev–Trinajstić information content (AvgIpc) is 0.875. The Morgan fingerprint density at radius 1 is 0.426 bits per heavy atom. The first-order chi connectivity index (χ1) is 52.1. The number of nitrogens with zero attached hydrogens (tertiary/aromatic N) is 2. The number of phenols is 2. The third-order valence-corrected chi connectivity index (χ3v) is 19.1. The van der Waals surface area contributed by atoms with Crippen LogP contribution in [0.1, 0.15) is 123 Å². The fourth-order valence-corrected chi connectivity index (χ4v) is 13.2. The van der Waals surface area contributed by atoms with Gasteiger partial charge in [-0.05, 0) is 139 Å². The Morgan fingerprint density at radius 2 is 0.954 bits per heavy atom. The van der Waals surface area contributed by atoms with E-state index in [1.807, 2.05) is 84.9 Å². The van der Waals surface area contributed by atoms with Gasteiger partial charge in [-0.3, -0.25) is 52.7 Å². The first-order valence-corrected chi connectivity index (χ1v) is 37.1. The molecule has 0 spiro atoms. The SMILES string of the molecule is N[C@@H](Cc1ccc(O)cc1)C(=O)N1Cc2ccccc2C[C@@H]1C(=O)NCC(=O)NCCC(=O)NCCCCCC(=O)N[C@H](CCCCNC(=O)CCCCCNC(=O)CNC(=O)[C@@H](Cc1cccc2ccccc12)NC(=O)[C@H](Cc1ccccc1)NC(=O)[C@@H]1CCCN1C(=O)[C@@H](N)Cc1ccc(O)cc1)C(=O)O. The number of nitrogens with one attached hydrogen (secondary N) is 9. The summed E-state index contributed by atoms with van der Waals surface area (Å²) >= 11 is 0. The van der Waals surface area contributed by atoms with Crippen LogP contribution >= 0.6 is 0 Å². The summed E-state index contributed by atoms with van der Waals surface area (Å²) in [7, 11) is 0. The molecule has 16 N–H and O–H groups in total. The third-order valence-electron chi connectivity index (χ3n) is 19.1. The highest BCUT2D eigenvalue weighted by molar-refractivity contribution is 5.97. The highest BCUT2D eigenvalue weighted by Gasteiger charge is 2.40. The third kappa shape index (κ3) is 26.7. The first-order valence-electron chi connectivity index (χ1n) is 37.1. The maximum absolute atomic E-state index is 14.6. The highest BCUT2D eigenvalue weighted by Crippen LogP contribution is 2.27. The Morgan fingerprint density at radius 3 is 1.60 bits per heavy atom. The number of rotatable bonds is 42. The van der Waals surface area contributed by atoms with Crippen LogP contribution in [0.2, 0.25) is 0 Å². The van der Waals surface area contributed by atoms with Crippen molar-refractivity contribution < 1.29 is 72.9 Å². The normalized spacial score (nSPS) is 15.2. The molecule has 6 aromatic carbocycles. The molecular weight excluding hydrogens is 1380 g/mol. The molecule has 11 amide bonds. The van der Waals surface area contributed by atoms with Gasteiger partial charge < -0.3 is 84.4 Å². The van der Waals surface area contributed by atoms with Crippen molar-refractivity contribution >= 4 is 81.7 Å². The molecule has 2 aliphatic heterocycles. The number of carbonyl (C=O) groups excluding carboxylic acids is 11. The predicted molar refractivity (Wildman–Crippen MR) is 403 cm³/mol. The minimum Gasteiger partial charge on any atom is -0.508 e. The second-order valence-corrected chi connectivity index (χ2v) is 27.4. The molecule has 6 aromatic rings. The van der Waals surface area contributed by atoms with Gasteiger partial charge in [0.2, 0.25) is 65.0 Å². The van der Waals surface area contributed by atoms with Gasteiger partial charge in [-0.25, -0.2) is 4.79 Å². The zero-order valence-corrected chi connectivity index (χ0v) is 60.8. The lowest BCUT2D eigenvalue weighted by atomic mass is 9.92. The van der Waals surface area contributed by atoms with Gasteiger partial charge >= 0.3 is 5.97 Å². The van der Waals surface area contributed by atoms with E-state index in [-0.39, 0.29) is 114 Å². The molecule has 0 aromatic heterocycles. The molecule has 0 unspecified atom stereocenters. The molecule has 1 saturated heterocycles. The molecule has 2 aliphatic rings. The zero-order valence-electron chi connectivity index (χ0n) is 60.8. The van der Waals surface area contributed by atoms with Crippen LogP contribution in [0, 0.1) is 0 Å². The number of fused-ring (bicyclic) bond motifs is 2. The summed E-state index contributed by atoms with van der Waals surface area (Å²) in [4.78, 5) is 162. The van der Waals surface area contributed by atoms with Crippen LogP contribution in [-0.4, -0.2) is 184 Å². The largest absolute Gasteiger partial charge is 0.508 e. The van der Waals surface area contributed by atoms with Crippen LogP contribution in [0.25, 0.3) is 10.8 Å². The first kappa shape index (κ1) is 82.4. The number of likely N-dealkylation sites (tertiary alicyclic amines) is 1. The molecule has 28 heteroatoms. The second kappa shape index (κ2) is 42.8. The lowest BCUT2D eigenvalue weighted by Crippen LogP contribution is -2.58. The summed E-state index contributed by atoms with van der Waals surface area (Å²) < 4.78 is 0. The maximum atomic E-state index is 14.6. The summed E-state index contributed by atoms with van der Waals surface area (Å²) in [5.41, 5.74) is 17.5. The van der Waals surface area contributed by atoms with Gasteiger partial charge in [-0.2, -0.15) is 0 Å². The molecule has 2 heterocycles. The van der Waals surface area contributed by atoms with Gasteiger partial charge in [0.25, 0.3) is 0 Å². The number of aromatic hydroxyl groups is 2. The summed E-state index contributed by atoms with van der Waals surface area (Å²) in [5, 5.41) is 55.6. The average molecular weight is 1480 g/mol. The van der Waals surface area contributed by atoms with Gasteiger partial charge in [0.15, 0.2) is 0 Å². The van der Waals surface area contributed by atoms with E-state index < -0.39 is 108 Å². The summed E-state index contributed by atoms with van der Waals surface area (Å²) in [6.45, 7) is 0.532. The topological polar surface area (TPSA) is 432 Å². The van der Waals surface area contributed by atoms with E-state index in [0.29, 0.717) is 77.3 Å². The van der Waals surface area contributed by atoms with E-state index >= 15 is 0 Å². The van der Waals surface area contributed by atoms with Gasteiger partial charge in [0.1, 0.15) is 41.7 Å². The quantitative estimate of drug-likeness (QED) is 0.0245. The number of carboxylic acid groups (broad SMARTS) is 1. The smallest absolute Gasteiger partial charge is 0.326 e. The number of unbranched alkanes of at least 4 members (excludes halogenated alkanes) is 5. The number of carboxylic acids is 1. The zero-order chi connectivity index (χ0) is 77.3. The highest BCUT2D eigenvalue weighted by atomic mass is 16.4. The monoisotopic (exact) mass is 1480 g/mol. The van der Waals surface area contributed by atoms with E-state index in [9.17, 15) is 72.9 Å². The van der Waals surface area contributed by atoms with Crippen molar-refractivity contribution in [3.63, 3.8) is 0 Å². The number of phenolic OH excluding ortho intramolecular Hbond substituents is 2. The fourth-order valence-electron chi connectivity index (χ4n) is 13.2. The number of carbonyl (C=O) groups is 12. The van der Waals surface area contributed by atoms with E-state index in [1.165, 1.54) is 34.1 Å². The maximum Gasteiger partial charge on any atom is 0.326 e. The minimum absolute atomic E-state index is 0.00403. The van der Waals surface area contributed by atoms with Crippen LogP contribution in [0.15, 0.2) is 146 Å². The van der Waals surface area contributed by atoms with Crippen LogP contribution in [-0.2, 0) is 96.2 Å². The van der Waals surface area contributed by atoms with Crippen molar-refractivity contribution in [3.8, 4) is 11.5 Å². The molecule has 0 saturated carbocycles. The van der Waals surface area contributed by atoms with E-state index in [1.54, 1.807) is 36.4 Å². The van der Waals surface area contributed by atoms with Crippen molar-refractivity contribution in [2.75, 3.05) is 45.8 Å². The van der Waals surface area contributed by atoms with Gasteiger partial charge in [-0.15, -0.1) is 0 Å². The second-order valence-electron chi connectivity index (χ2n) is 27.4. The predicted octanol–water partition coefficient (Wildman–Crippen LogP) is 3.04. The molecule has 7 atom stereocenters.